The molecule has 2 aliphatic heterocycles. The van der Waals surface area contributed by atoms with Crippen LogP contribution in [0.1, 0.15) is 6.92 Å². The Balaban J connectivity index is 2.02. The Morgan fingerprint density at radius 2 is 2.05 bits per heavy atom. The van der Waals surface area contributed by atoms with Crippen molar-refractivity contribution in [3.05, 3.63) is 0 Å². The summed E-state index contributed by atoms with van der Waals surface area (Å²) in [6, 6.07) is -1.07. The first-order valence-electron chi connectivity index (χ1n) is 7.78. The number of fused-ring (bicyclic) bond motifs is 2. The lowest BCUT2D eigenvalue weighted by Gasteiger charge is -2.42. The third kappa shape index (κ3) is 3.88. The van der Waals surface area contributed by atoms with Gasteiger partial charge in [0.2, 0.25) is 0 Å². The van der Waals surface area contributed by atoms with Crippen molar-refractivity contribution >= 4 is 6.03 Å². The summed E-state index contributed by atoms with van der Waals surface area (Å²) in [5.41, 5.74) is 0. The van der Waals surface area contributed by atoms with Gasteiger partial charge >= 0.3 is 6.03 Å². The highest BCUT2D eigenvalue weighted by Gasteiger charge is 2.51. The number of aliphatic hydroxyl groups is 1. The predicted octanol–water partition coefficient (Wildman–Crippen LogP) is -1.35. The second-order valence-corrected chi connectivity index (χ2v) is 6.17. The van der Waals surface area contributed by atoms with Gasteiger partial charge < -0.3 is 30.1 Å². The van der Waals surface area contributed by atoms with Crippen molar-refractivity contribution in [3.63, 3.8) is 0 Å². The van der Waals surface area contributed by atoms with Gasteiger partial charge in [0.05, 0.1) is 24.8 Å². The topological polar surface area (TPSA) is 86.3 Å². The number of rotatable bonds is 6. The summed E-state index contributed by atoms with van der Waals surface area (Å²) in [5.74, 6) is 0. The third-order valence-electron chi connectivity index (χ3n) is 4.17. The molecule has 0 spiro atoms. The van der Waals surface area contributed by atoms with Gasteiger partial charge in [-0.25, -0.2) is 4.79 Å². The maximum absolute atomic E-state index is 11.8. The van der Waals surface area contributed by atoms with Crippen molar-refractivity contribution in [2.45, 2.75) is 37.5 Å². The fraction of sp³-hybridized carbons (Fsp3) is 0.929. The van der Waals surface area contributed by atoms with E-state index in [-0.39, 0.29) is 18.2 Å². The van der Waals surface area contributed by atoms with Crippen LogP contribution >= 0.6 is 0 Å². The molecule has 128 valence electrons. The SMILES string of the molecule is CCNC(=O)NC1C2COC(O2)C(N(C)CCN(C)C)C1O. The lowest BCUT2D eigenvalue weighted by atomic mass is 9.95. The van der Waals surface area contributed by atoms with Gasteiger partial charge in [-0.1, -0.05) is 0 Å². The fourth-order valence-electron chi connectivity index (χ4n) is 2.92. The molecule has 2 bridgehead atoms. The third-order valence-corrected chi connectivity index (χ3v) is 4.17. The first kappa shape index (κ1) is 17.4. The highest BCUT2D eigenvalue weighted by molar-refractivity contribution is 5.74. The monoisotopic (exact) mass is 316 g/mol. The zero-order valence-electron chi connectivity index (χ0n) is 13.8. The predicted molar refractivity (Wildman–Crippen MR) is 81.6 cm³/mol. The van der Waals surface area contributed by atoms with Crippen LogP contribution in [-0.4, -0.2) is 98.9 Å². The van der Waals surface area contributed by atoms with Gasteiger partial charge in [0.1, 0.15) is 6.10 Å². The van der Waals surface area contributed by atoms with Crippen LogP contribution in [0.2, 0.25) is 0 Å². The maximum Gasteiger partial charge on any atom is 0.315 e. The number of carbonyl (C=O) groups excluding carboxylic acids is 1. The summed E-state index contributed by atoms with van der Waals surface area (Å²) >= 11 is 0. The Labute approximate surface area is 131 Å². The highest BCUT2D eigenvalue weighted by atomic mass is 16.7. The van der Waals surface area contributed by atoms with Gasteiger partial charge in [0.15, 0.2) is 6.29 Å². The van der Waals surface area contributed by atoms with Gasteiger partial charge in [-0.05, 0) is 28.1 Å². The summed E-state index contributed by atoms with van der Waals surface area (Å²) in [7, 11) is 5.94. The maximum atomic E-state index is 11.8. The molecule has 8 nitrogen and oxygen atoms in total. The van der Waals surface area contributed by atoms with E-state index in [1.165, 1.54) is 0 Å². The smallest absolute Gasteiger partial charge is 0.315 e. The number of nitrogens with zero attached hydrogens (tertiary/aromatic N) is 2. The molecule has 5 unspecified atom stereocenters. The summed E-state index contributed by atoms with van der Waals surface area (Å²) in [6.45, 7) is 4.41. The molecule has 2 aliphatic rings. The molecule has 0 aromatic heterocycles. The van der Waals surface area contributed by atoms with E-state index >= 15 is 0 Å². The van der Waals surface area contributed by atoms with Crippen LogP contribution in [0, 0.1) is 0 Å². The minimum Gasteiger partial charge on any atom is -0.389 e. The molecule has 0 aromatic rings. The van der Waals surface area contributed by atoms with Crippen LogP contribution < -0.4 is 10.6 Å². The zero-order valence-corrected chi connectivity index (χ0v) is 13.8. The number of hydrogen-bond donors (Lipinski definition) is 3. The Hall–Kier alpha value is -0.930. The Kier molecular flexibility index (Phi) is 5.99. The van der Waals surface area contributed by atoms with Crippen molar-refractivity contribution in [1.82, 2.24) is 20.4 Å². The molecule has 22 heavy (non-hydrogen) atoms. The van der Waals surface area contributed by atoms with Crippen LogP contribution in [0.4, 0.5) is 4.79 Å². The summed E-state index contributed by atoms with van der Waals surface area (Å²) < 4.78 is 11.5. The van der Waals surface area contributed by atoms with E-state index in [0.29, 0.717) is 13.2 Å². The number of carbonyl (C=O) groups is 1. The lowest BCUT2D eigenvalue weighted by Crippen LogP contribution is -2.65. The Morgan fingerprint density at radius 3 is 2.68 bits per heavy atom. The van der Waals surface area contributed by atoms with E-state index in [0.717, 1.165) is 13.1 Å². The summed E-state index contributed by atoms with van der Waals surface area (Å²) in [4.78, 5) is 15.9. The quantitative estimate of drug-likeness (QED) is 0.562. The molecule has 0 aromatic carbocycles. The van der Waals surface area contributed by atoms with Crippen molar-refractivity contribution in [2.75, 3.05) is 47.4 Å². The fourth-order valence-corrected chi connectivity index (χ4v) is 2.92. The van der Waals surface area contributed by atoms with E-state index in [9.17, 15) is 9.90 Å². The molecule has 8 heteroatoms. The van der Waals surface area contributed by atoms with Gasteiger partial charge in [-0.3, -0.25) is 4.90 Å². The molecule has 0 radical (unpaired) electrons. The molecule has 2 fully saturated rings. The number of hydrogen-bond acceptors (Lipinski definition) is 6. The van der Waals surface area contributed by atoms with Crippen molar-refractivity contribution in [1.29, 1.82) is 0 Å². The minimum absolute atomic E-state index is 0.296. The molecule has 2 heterocycles. The van der Waals surface area contributed by atoms with Crippen molar-refractivity contribution < 1.29 is 19.4 Å². The second-order valence-electron chi connectivity index (χ2n) is 6.17. The normalized spacial score (nSPS) is 34.2. The first-order chi connectivity index (χ1) is 10.4. The van der Waals surface area contributed by atoms with Crippen LogP contribution in [0.3, 0.4) is 0 Å². The molecular formula is C14H28N4O4. The number of amides is 2. The summed E-state index contributed by atoms with van der Waals surface area (Å²) in [6.07, 6.45) is -1.48. The molecule has 2 rings (SSSR count). The molecule has 5 atom stereocenters. The molecule has 3 N–H and O–H groups in total. The number of nitrogens with one attached hydrogen (secondary N) is 2. The van der Waals surface area contributed by atoms with Crippen LogP contribution in [0.15, 0.2) is 0 Å². The van der Waals surface area contributed by atoms with Gasteiger partial charge in [-0.15, -0.1) is 0 Å². The Morgan fingerprint density at radius 1 is 1.32 bits per heavy atom. The number of urea groups is 1. The van der Waals surface area contributed by atoms with Crippen molar-refractivity contribution in [2.24, 2.45) is 0 Å². The zero-order chi connectivity index (χ0) is 16.3. The number of aliphatic hydroxyl groups excluding tert-OH is 1. The highest BCUT2D eigenvalue weighted by Crippen LogP contribution is 2.30. The number of ether oxygens (including phenoxy) is 2. The number of likely N-dealkylation sites (N-methyl/N-ethyl adjacent to an activating group) is 2. The van der Waals surface area contributed by atoms with E-state index in [1.807, 2.05) is 33.0 Å². The van der Waals surface area contributed by atoms with Crippen LogP contribution in [-0.2, 0) is 9.47 Å². The minimum atomic E-state index is -0.735. The van der Waals surface area contributed by atoms with Crippen molar-refractivity contribution in [3.8, 4) is 0 Å². The van der Waals surface area contributed by atoms with Crippen LogP contribution in [0.5, 0.6) is 0 Å². The van der Waals surface area contributed by atoms with E-state index in [4.69, 9.17) is 9.47 Å². The molecule has 0 aliphatic carbocycles. The van der Waals surface area contributed by atoms with E-state index in [2.05, 4.69) is 15.5 Å². The lowest BCUT2D eigenvalue weighted by molar-refractivity contribution is -0.177. The van der Waals surface area contributed by atoms with Gasteiger partial charge in [0, 0.05) is 19.6 Å². The standard InChI is InChI=1S/C14H28N4O4/c1-5-15-14(20)16-10-9-8-21-13(22-9)11(12(10)19)18(4)7-6-17(2)3/h9-13,19H,5-8H2,1-4H3,(H2,15,16,20). The molecule has 2 saturated heterocycles. The largest absolute Gasteiger partial charge is 0.389 e. The molecular weight excluding hydrogens is 288 g/mol. The van der Waals surface area contributed by atoms with E-state index < -0.39 is 18.4 Å². The second kappa shape index (κ2) is 7.56. The van der Waals surface area contributed by atoms with Gasteiger partial charge in [0.25, 0.3) is 0 Å². The molecule has 0 saturated carbocycles. The Bertz CT molecular complexity index is 382. The summed E-state index contributed by atoms with van der Waals surface area (Å²) in [5, 5.41) is 16.2. The average molecular weight is 316 g/mol. The average Bonchev–Trinajstić information content (AvgIpc) is 2.87. The van der Waals surface area contributed by atoms with E-state index in [1.54, 1.807) is 0 Å². The van der Waals surface area contributed by atoms with Gasteiger partial charge in [-0.2, -0.15) is 0 Å². The first-order valence-corrected chi connectivity index (χ1v) is 7.78. The molecule has 2 amide bonds. The van der Waals surface area contributed by atoms with Crippen LogP contribution in [0.25, 0.3) is 0 Å².